The van der Waals surface area contributed by atoms with Gasteiger partial charge in [-0.25, -0.2) is 8.42 Å². The van der Waals surface area contributed by atoms with Gasteiger partial charge in [0, 0.05) is 13.1 Å². The number of sulfonamides is 1. The largest absolute Gasteiger partial charge is 0.319 e. The molecule has 1 aliphatic heterocycles. The van der Waals surface area contributed by atoms with Gasteiger partial charge in [-0.05, 0) is 62.4 Å². The summed E-state index contributed by atoms with van der Waals surface area (Å²) in [5.74, 6) is 0.875. The van der Waals surface area contributed by atoms with E-state index in [-0.39, 0.29) is 12.4 Å². The third kappa shape index (κ3) is 4.92. The minimum Gasteiger partial charge on any atom is -0.319 e. The van der Waals surface area contributed by atoms with Crippen LogP contribution < -0.4 is 5.32 Å². The van der Waals surface area contributed by atoms with Crippen molar-refractivity contribution in [3.63, 3.8) is 0 Å². The molecule has 2 rings (SSSR count). The topological polar surface area (TPSA) is 49.4 Å². The van der Waals surface area contributed by atoms with Gasteiger partial charge in [-0.3, -0.25) is 0 Å². The molecule has 1 N–H and O–H groups in total. The molecule has 1 fully saturated rings. The van der Waals surface area contributed by atoms with E-state index in [9.17, 15) is 8.42 Å². The zero-order chi connectivity index (χ0) is 16.2. The van der Waals surface area contributed by atoms with Crippen LogP contribution in [-0.4, -0.2) is 39.4 Å². The second-order valence-corrected chi connectivity index (χ2v) is 8.25. The minimum atomic E-state index is -3.36. The number of nitrogens with one attached hydrogen (secondary N) is 1. The van der Waals surface area contributed by atoms with Crippen LogP contribution in [0.15, 0.2) is 29.2 Å². The molecule has 1 heterocycles. The molecule has 2 atom stereocenters. The fourth-order valence-electron chi connectivity index (χ4n) is 3.05. The van der Waals surface area contributed by atoms with Gasteiger partial charge < -0.3 is 5.32 Å². The Balaban J connectivity index is 0.00000264. The quantitative estimate of drug-likeness (QED) is 0.847. The van der Waals surface area contributed by atoms with Crippen LogP contribution in [0, 0.1) is 5.92 Å². The van der Waals surface area contributed by atoms with E-state index in [4.69, 9.17) is 0 Å². The monoisotopic (exact) mass is 360 g/mol. The minimum absolute atomic E-state index is 0. The van der Waals surface area contributed by atoms with Crippen LogP contribution in [0.5, 0.6) is 0 Å². The Morgan fingerprint density at radius 3 is 2.52 bits per heavy atom. The lowest BCUT2D eigenvalue weighted by Crippen LogP contribution is -2.42. The van der Waals surface area contributed by atoms with Crippen LogP contribution in [0.4, 0.5) is 0 Å². The molecule has 0 bridgehead atoms. The van der Waals surface area contributed by atoms with Crippen molar-refractivity contribution in [3.8, 4) is 0 Å². The third-order valence-electron chi connectivity index (χ3n) is 4.67. The summed E-state index contributed by atoms with van der Waals surface area (Å²) in [6, 6.07) is 7.43. The smallest absolute Gasteiger partial charge is 0.243 e. The van der Waals surface area contributed by atoms with Crippen LogP contribution in [-0.2, 0) is 10.0 Å². The van der Waals surface area contributed by atoms with Crippen molar-refractivity contribution in [2.45, 2.75) is 43.9 Å². The fourth-order valence-corrected chi connectivity index (χ4v) is 4.61. The number of halogens is 1. The Bertz CT molecular complexity index is 573. The molecule has 1 saturated heterocycles. The first-order chi connectivity index (χ1) is 10.5. The molecule has 23 heavy (non-hydrogen) atoms. The van der Waals surface area contributed by atoms with Crippen molar-refractivity contribution in [1.29, 1.82) is 0 Å². The Labute approximate surface area is 147 Å². The highest BCUT2D eigenvalue weighted by molar-refractivity contribution is 7.89. The van der Waals surface area contributed by atoms with Crippen LogP contribution in [0.1, 0.15) is 44.6 Å². The predicted molar refractivity (Wildman–Crippen MR) is 97.8 cm³/mol. The Morgan fingerprint density at radius 2 is 1.96 bits per heavy atom. The average molecular weight is 361 g/mol. The summed E-state index contributed by atoms with van der Waals surface area (Å²) < 4.78 is 27.2. The standard InChI is InChI=1S/C17H28N2O2S.ClH/c1-4-14(2)16-7-9-17(10-8-16)22(20,21)19-11-5-6-15(13-19)12-18-3;/h7-10,14-15,18H,4-6,11-13H2,1-3H3;1H. The Kier molecular flexibility index (Phi) is 8.01. The van der Waals surface area contributed by atoms with Gasteiger partial charge in [-0.1, -0.05) is 26.0 Å². The van der Waals surface area contributed by atoms with Gasteiger partial charge in [0.2, 0.25) is 10.0 Å². The number of hydrogen-bond donors (Lipinski definition) is 1. The van der Waals surface area contributed by atoms with Gasteiger partial charge in [0.15, 0.2) is 0 Å². The first kappa shape index (κ1) is 20.4. The average Bonchev–Trinajstić information content (AvgIpc) is 2.55. The van der Waals surface area contributed by atoms with E-state index in [0.717, 1.165) is 25.8 Å². The van der Waals surface area contributed by atoms with E-state index < -0.39 is 10.0 Å². The summed E-state index contributed by atoms with van der Waals surface area (Å²) in [5.41, 5.74) is 1.20. The fraction of sp³-hybridized carbons (Fsp3) is 0.647. The second kappa shape index (κ2) is 9.02. The highest BCUT2D eigenvalue weighted by Gasteiger charge is 2.29. The molecular weight excluding hydrogens is 332 g/mol. The molecule has 2 unspecified atom stereocenters. The number of nitrogens with zero attached hydrogens (tertiary/aromatic N) is 1. The van der Waals surface area contributed by atoms with E-state index in [1.807, 2.05) is 19.2 Å². The van der Waals surface area contributed by atoms with Crippen LogP contribution in [0.2, 0.25) is 0 Å². The van der Waals surface area contributed by atoms with Gasteiger partial charge in [0.25, 0.3) is 0 Å². The van der Waals surface area contributed by atoms with Gasteiger partial charge in [0.05, 0.1) is 4.90 Å². The van der Waals surface area contributed by atoms with E-state index >= 15 is 0 Å². The van der Waals surface area contributed by atoms with E-state index in [2.05, 4.69) is 19.2 Å². The normalized spacial score (nSPS) is 20.7. The molecule has 6 heteroatoms. The number of rotatable bonds is 6. The maximum Gasteiger partial charge on any atom is 0.243 e. The zero-order valence-electron chi connectivity index (χ0n) is 14.3. The predicted octanol–water partition coefficient (Wildman–Crippen LogP) is 3.24. The number of hydrogen-bond acceptors (Lipinski definition) is 3. The summed E-state index contributed by atoms with van der Waals surface area (Å²) in [6.07, 6.45) is 3.10. The van der Waals surface area contributed by atoms with Gasteiger partial charge in [-0.2, -0.15) is 4.31 Å². The number of benzene rings is 1. The Hall–Kier alpha value is -0.620. The van der Waals surface area contributed by atoms with Crippen LogP contribution >= 0.6 is 12.4 Å². The molecule has 0 radical (unpaired) electrons. The summed E-state index contributed by atoms with van der Waals surface area (Å²) in [4.78, 5) is 0.421. The molecule has 1 aliphatic rings. The van der Waals surface area contributed by atoms with Crippen LogP contribution in [0.3, 0.4) is 0 Å². The maximum absolute atomic E-state index is 12.8. The van der Waals surface area contributed by atoms with E-state index in [0.29, 0.717) is 29.8 Å². The highest BCUT2D eigenvalue weighted by Crippen LogP contribution is 2.25. The first-order valence-corrected chi connectivity index (χ1v) is 9.67. The highest BCUT2D eigenvalue weighted by atomic mass is 35.5. The second-order valence-electron chi connectivity index (χ2n) is 6.31. The van der Waals surface area contributed by atoms with Crippen molar-refractivity contribution in [1.82, 2.24) is 9.62 Å². The third-order valence-corrected chi connectivity index (χ3v) is 6.55. The zero-order valence-corrected chi connectivity index (χ0v) is 15.9. The molecule has 4 nitrogen and oxygen atoms in total. The molecular formula is C17H29ClN2O2S. The molecule has 0 aliphatic carbocycles. The number of piperidine rings is 1. The Morgan fingerprint density at radius 1 is 1.30 bits per heavy atom. The summed E-state index contributed by atoms with van der Waals surface area (Å²) in [7, 11) is -1.44. The lowest BCUT2D eigenvalue weighted by atomic mass is 9.99. The van der Waals surface area contributed by atoms with Crippen LogP contribution in [0.25, 0.3) is 0 Å². The molecule has 0 aromatic heterocycles. The molecule has 1 aromatic rings. The lowest BCUT2D eigenvalue weighted by Gasteiger charge is -2.31. The van der Waals surface area contributed by atoms with Gasteiger partial charge >= 0.3 is 0 Å². The maximum atomic E-state index is 12.8. The molecule has 132 valence electrons. The van der Waals surface area contributed by atoms with Gasteiger partial charge in [-0.15, -0.1) is 12.4 Å². The first-order valence-electron chi connectivity index (χ1n) is 8.23. The van der Waals surface area contributed by atoms with Crippen molar-refractivity contribution in [2.24, 2.45) is 5.92 Å². The van der Waals surface area contributed by atoms with E-state index in [1.54, 1.807) is 16.4 Å². The lowest BCUT2D eigenvalue weighted by molar-refractivity contribution is 0.263. The van der Waals surface area contributed by atoms with Crippen molar-refractivity contribution < 1.29 is 8.42 Å². The SMILES string of the molecule is CCC(C)c1ccc(S(=O)(=O)N2CCCC(CNC)C2)cc1.Cl. The molecule has 1 aromatic carbocycles. The van der Waals surface area contributed by atoms with Crippen molar-refractivity contribution >= 4 is 22.4 Å². The van der Waals surface area contributed by atoms with E-state index in [1.165, 1.54) is 5.56 Å². The molecule has 0 saturated carbocycles. The van der Waals surface area contributed by atoms with Crippen molar-refractivity contribution in [3.05, 3.63) is 29.8 Å². The molecule has 0 amide bonds. The summed E-state index contributed by atoms with van der Waals surface area (Å²) in [6.45, 7) is 6.44. The summed E-state index contributed by atoms with van der Waals surface area (Å²) in [5, 5.41) is 3.15. The molecule has 0 spiro atoms. The van der Waals surface area contributed by atoms with Crippen molar-refractivity contribution in [2.75, 3.05) is 26.7 Å². The van der Waals surface area contributed by atoms with Gasteiger partial charge in [0.1, 0.15) is 0 Å². The summed E-state index contributed by atoms with van der Waals surface area (Å²) >= 11 is 0.